The van der Waals surface area contributed by atoms with Crippen molar-refractivity contribution in [1.29, 1.82) is 0 Å². The van der Waals surface area contributed by atoms with E-state index in [9.17, 15) is 14.4 Å². The van der Waals surface area contributed by atoms with Crippen molar-refractivity contribution in [2.75, 3.05) is 40.0 Å². The van der Waals surface area contributed by atoms with Gasteiger partial charge in [-0.05, 0) is 30.2 Å². The van der Waals surface area contributed by atoms with Gasteiger partial charge in [-0.25, -0.2) is 0 Å². The Morgan fingerprint density at radius 2 is 1.87 bits per heavy atom. The quantitative estimate of drug-likeness (QED) is 0.542. The predicted molar refractivity (Wildman–Crippen MR) is 109 cm³/mol. The molecule has 3 amide bonds. The van der Waals surface area contributed by atoms with E-state index in [1.807, 2.05) is 30.3 Å². The van der Waals surface area contributed by atoms with Crippen molar-refractivity contribution < 1.29 is 23.9 Å². The Bertz CT molecular complexity index is 959. The summed E-state index contributed by atoms with van der Waals surface area (Å²) in [6.45, 7) is 2.13. The lowest BCUT2D eigenvalue weighted by molar-refractivity contribution is -0.0228. The Balaban J connectivity index is 1.50. The average Bonchev–Trinajstić information content (AvgIpc) is 3.03. The van der Waals surface area contributed by atoms with E-state index in [1.54, 1.807) is 30.2 Å². The predicted octanol–water partition coefficient (Wildman–Crippen LogP) is 2.53. The van der Waals surface area contributed by atoms with E-state index in [0.717, 1.165) is 5.56 Å². The van der Waals surface area contributed by atoms with Crippen molar-refractivity contribution in [3.63, 3.8) is 0 Å². The van der Waals surface area contributed by atoms with Gasteiger partial charge in [0.2, 0.25) is 0 Å². The van der Waals surface area contributed by atoms with Gasteiger partial charge in [0, 0.05) is 32.4 Å². The zero-order chi connectivity index (χ0) is 21.1. The molecule has 0 radical (unpaired) electrons. The second kappa shape index (κ2) is 8.77. The highest BCUT2D eigenvalue weighted by Gasteiger charge is 2.36. The molecule has 0 saturated carbocycles. The van der Waals surface area contributed by atoms with E-state index >= 15 is 0 Å². The first kappa shape index (κ1) is 20.3. The fraction of sp³-hybridized carbons (Fsp3) is 0.348. The van der Waals surface area contributed by atoms with Gasteiger partial charge in [0.25, 0.3) is 17.7 Å². The fourth-order valence-electron chi connectivity index (χ4n) is 3.88. The van der Waals surface area contributed by atoms with Crippen LogP contribution in [0.25, 0.3) is 0 Å². The molecule has 2 aromatic carbocycles. The zero-order valence-electron chi connectivity index (χ0n) is 16.9. The average molecular weight is 408 g/mol. The van der Waals surface area contributed by atoms with Crippen LogP contribution in [0, 0.1) is 0 Å². The molecule has 0 N–H and O–H groups in total. The van der Waals surface area contributed by atoms with Gasteiger partial charge in [-0.2, -0.15) is 0 Å². The summed E-state index contributed by atoms with van der Waals surface area (Å²) < 4.78 is 10.8. The number of rotatable bonds is 6. The summed E-state index contributed by atoms with van der Waals surface area (Å²) in [6, 6.07) is 14.5. The highest BCUT2D eigenvalue weighted by atomic mass is 16.5. The van der Waals surface area contributed by atoms with Crippen LogP contribution in [0.3, 0.4) is 0 Å². The molecule has 2 aliphatic rings. The Labute approximate surface area is 175 Å². The number of fused-ring (bicyclic) bond motifs is 1. The molecular formula is C23H24N2O5. The minimum absolute atomic E-state index is 0.167. The standard InChI is InChI=1S/C23H24N2O5/c1-29-12-5-10-25-22(27)18-9-8-17(14-19(18)23(25)28)21(26)24-11-13-30-20(15-24)16-6-3-2-4-7-16/h2-4,6-9,14,20H,5,10-13,15H2,1H3/t20-/m1/s1. The summed E-state index contributed by atoms with van der Waals surface area (Å²) in [6.07, 6.45) is 0.389. The third kappa shape index (κ3) is 3.86. The van der Waals surface area contributed by atoms with Crippen LogP contribution in [0.15, 0.2) is 48.5 Å². The third-order valence-corrected chi connectivity index (χ3v) is 5.47. The number of methoxy groups -OCH3 is 1. The highest BCUT2D eigenvalue weighted by molar-refractivity contribution is 6.22. The monoisotopic (exact) mass is 408 g/mol. The molecule has 0 aromatic heterocycles. The Morgan fingerprint density at radius 1 is 1.10 bits per heavy atom. The van der Waals surface area contributed by atoms with Crippen molar-refractivity contribution in [1.82, 2.24) is 9.80 Å². The van der Waals surface area contributed by atoms with Crippen molar-refractivity contribution in [3.05, 3.63) is 70.8 Å². The molecule has 2 aliphatic heterocycles. The van der Waals surface area contributed by atoms with Gasteiger partial charge in [0.05, 0.1) is 24.3 Å². The fourth-order valence-corrected chi connectivity index (χ4v) is 3.88. The summed E-state index contributed by atoms with van der Waals surface area (Å²) in [4.78, 5) is 41.3. The van der Waals surface area contributed by atoms with E-state index in [2.05, 4.69) is 0 Å². The van der Waals surface area contributed by atoms with Gasteiger partial charge in [0.1, 0.15) is 6.10 Å². The molecule has 0 unspecified atom stereocenters. The van der Waals surface area contributed by atoms with Crippen molar-refractivity contribution >= 4 is 17.7 Å². The maximum Gasteiger partial charge on any atom is 0.261 e. The molecule has 0 spiro atoms. The molecule has 7 nitrogen and oxygen atoms in total. The largest absolute Gasteiger partial charge is 0.385 e. The number of carbonyl (C=O) groups is 3. The van der Waals surface area contributed by atoms with Crippen LogP contribution < -0.4 is 0 Å². The van der Waals surface area contributed by atoms with Gasteiger partial charge in [0.15, 0.2) is 0 Å². The van der Waals surface area contributed by atoms with Crippen LogP contribution in [-0.2, 0) is 9.47 Å². The van der Waals surface area contributed by atoms with E-state index in [1.165, 1.54) is 4.90 Å². The first-order chi connectivity index (χ1) is 14.6. The Morgan fingerprint density at radius 3 is 2.63 bits per heavy atom. The van der Waals surface area contributed by atoms with Crippen LogP contribution in [-0.4, -0.2) is 67.5 Å². The number of benzene rings is 2. The third-order valence-electron chi connectivity index (χ3n) is 5.47. The molecule has 1 saturated heterocycles. The topological polar surface area (TPSA) is 76.2 Å². The second-order valence-corrected chi connectivity index (χ2v) is 7.39. The first-order valence-electron chi connectivity index (χ1n) is 10.0. The summed E-state index contributed by atoms with van der Waals surface area (Å²) in [5.41, 5.74) is 2.06. The van der Waals surface area contributed by atoms with Crippen LogP contribution in [0.2, 0.25) is 0 Å². The number of hydrogen-bond donors (Lipinski definition) is 0. The molecular weight excluding hydrogens is 384 g/mol. The number of ether oxygens (including phenoxy) is 2. The van der Waals surface area contributed by atoms with E-state index in [-0.39, 0.29) is 29.4 Å². The molecule has 156 valence electrons. The molecule has 1 atom stereocenters. The molecule has 30 heavy (non-hydrogen) atoms. The lowest BCUT2D eigenvalue weighted by Gasteiger charge is -2.33. The number of imide groups is 1. The summed E-state index contributed by atoms with van der Waals surface area (Å²) in [5, 5.41) is 0. The van der Waals surface area contributed by atoms with Crippen molar-refractivity contribution in [3.8, 4) is 0 Å². The summed E-state index contributed by atoms with van der Waals surface area (Å²) in [7, 11) is 1.58. The molecule has 7 heteroatoms. The Hall–Kier alpha value is -3.03. The minimum atomic E-state index is -0.357. The molecule has 2 heterocycles. The molecule has 0 bridgehead atoms. The zero-order valence-corrected chi connectivity index (χ0v) is 16.9. The van der Waals surface area contributed by atoms with Crippen LogP contribution in [0.1, 0.15) is 49.2 Å². The molecule has 1 fully saturated rings. The summed E-state index contributed by atoms with van der Waals surface area (Å²) >= 11 is 0. The van der Waals surface area contributed by atoms with E-state index < -0.39 is 0 Å². The number of amides is 3. The van der Waals surface area contributed by atoms with Gasteiger partial charge in [-0.15, -0.1) is 0 Å². The van der Waals surface area contributed by atoms with Gasteiger partial charge in [-0.1, -0.05) is 30.3 Å². The summed E-state index contributed by atoms with van der Waals surface area (Å²) in [5.74, 6) is -0.842. The number of carbonyl (C=O) groups excluding carboxylic acids is 3. The SMILES string of the molecule is COCCCN1C(=O)c2ccc(C(=O)N3CCO[C@@H](c4ccccc4)C3)cc2C1=O. The first-order valence-corrected chi connectivity index (χ1v) is 10.0. The van der Waals surface area contributed by atoms with Crippen LogP contribution in [0.4, 0.5) is 0 Å². The number of hydrogen-bond acceptors (Lipinski definition) is 5. The lowest BCUT2D eigenvalue weighted by Crippen LogP contribution is -2.42. The van der Waals surface area contributed by atoms with Crippen LogP contribution in [0.5, 0.6) is 0 Å². The van der Waals surface area contributed by atoms with Crippen molar-refractivity contribution in [2.24, 2.45) is 0 Å². The van der Waals surface area contributed by atoms with Gasteiger partial charge < -0.3 is 14.4 Å². The van der Waals surface area contributed by atoms with E-state index in [0.29, 0.717) is 50.4 Å². The van der Waals surface area contributed by atoms with Crippen LogP contribution >= 0.6 is 0 Å². The Kier molecular flexibility index (Phi) is 5.92. The molecule has 4 rings (SSSR count). The minimum Gasteiger partial charge on any atom is -0.385 e. The van der Waals surface area contributed by atoms with Gasteiger partial charge in [-0.3, -0.25) is 19.3 Å². The molecule has 2 aromatic rings. The smallest absolute Gasteiger partial charge is 0.261 e. The van der Waals surface area contributed by atoms with Gasteiger partial charge >= 0.3 is 0 Å². The van der Waals surface area contributed by atoms with Crippen molar-refractivity contribution in [2.45, 2.75) is 12.5 Å². The maximum atomic E-state index is 13.1. The second-order valence-electron chi connectivity index (χ2n) is 7.39. The highest BCUT2D eigenvalue weighted by Crippen LogP contribution is 2.27. The normalized spacial score (nSPS) is 18.6. The van der Waals surface area contributed by atoms with E-state index in [4.69, 9.17) is 9.47 Å². The number of nitrogens with zero attached hydrogens (tertiary/aromatic N) is 2. The lowest BCUT2D eigenvalue weighted by atomic mass is 10.0. The maximum absolute atomic E-state index is 13.1. The molecule has 0 aliphatic carbocycles. The number of morpholine rings is 1.